The standard InChI is InChI=1S/C20H19N3O4S2/c1-14(24)21-17-4-2-5-18(13-17)22-19(25)12-15-7-9-16(10-8-15)23-29(26,27)20-6-3-11-28-20/h2-11,13,23H,12H2,1H3,(H,21,24)(H,22,25). The lowest BCUT2D eigenvalue weighted by molar-refractivity contribution is -0.115. The molecule has 0 aliphatic rings. The summed E-state index contributed by atoms with van der Waals surface area (Å²) in [5, 5.41) is 7.13. The molecule has 0 spiro atoms. The van der Waals surface area contributed by atoms with Gasteiger partial charge >= 0.3 is 0 Å². The minimum Gasteiger partial charge on any atom is -0.326 e. The van der Waals surface area contributed by atoms with Crippen molar-refractivity contribution in [1.82, 2.24) is 0 Å². The molecule has 2 amide bonds. The monoisotopic (exact) mass is 429 g/mol. The number of sulfonamides is 1. The van der Waals surface area contributed by atoms with E-state index in [-0.39, 0.29) is 22.4 Å². The van der Waals surface area contributed by atoms with Crippen molar-refractivity contribution in [3.8, 4) is 0 Å². The Labute approximate surface area is 172 Å². The van der Waals surface area contributed by atoms with Crippen molar-refractivity contribution in [3.63, 3.8) is 0 Å². The lowest BCUT2D eigenvalue weighted by atomic mass is 10.1. The second-order valence-electron chi connectivity index (χ2n) is 6.22. The molecule has 7 nitrogen and oxygen atoms in total. The first-order chi connectivity index (χ1) is 13.8. The first kappa shape index (κ1) is 20.6. The number of hydrogen-bond donors (Lipinski definition) is 3. The highest BCUT2D eigenvalue weighted by Crippen LogP contribution is 2.21. The Kier molecular flexibility index (Phi) is 6.30. The van der Waals surface area contributed by atoms with Crippen LogP contribution in [0.5, 0.6) is 0 Å². The second kappa shape index (κ2) is 8.89. The molecule has 1 aromatic heterocycles. The van der Waals surface area contributed by atoms with Crippen molar-refractivity contribution in [1.29, 1.82) is 0 Å². The van der Waals surface area contributed by atoms with E-state index in [1.807, 2.05) is 0 Å². The third kappa shape index (κ3) is 5.90. The van der Waals surface area contributed by atoms with Gasteiger partial charge in [-0.25, -0.2) is 8.42 Å². The van der Waals surface area contributed by atoms with Crippen LogP contribution in [0, 0.1) is 0 Å². The molecule has 9 heteroatoms. The van der Waals surface area contributed by atoms with Crippen LogP contribution in [0.1, 0.15) is 12.5 Å². The molecule has 29 heavy (non-hydrogen) atoms. The van der Waals surface area contributed by atoms with Gasteiger partial charge in [0.15, 0.2) is 0 Å². The summed E-state index contributed by atoms with van der Waals surface area (Å²) in [4.78, 5) is 23.4. The molecule has 0 radical (unpaired) electrons. The van der Waals surface area contributed by atoms with Gasteiger partial charge in [0, 0.05) is 24.0 Å². The van der Waals surface area contributed by atoms with Crippen LogP contribution in [0.3, 0.4) is 0 Å². The zero-order valence-corrected chi connectivity index (χ0v) is 17.1. The van der Waals surface area contributed by atoms with Gasteiger partial charge in [0.2, 0.25) is 11.8 Å². The molecule has 0 aliphatic carbocycles. The molecule has 2 aromatic carbocycles. The molecule has 0 bridgehead atoms. The number of thiophene rings is 1. The quantitative estimate of drug-likeness (QED) is 0.533. The molecule has 3 aromatic rings. The molecule has 1 heterocycles. The topological polar surface area (TPSA) is 104 Å². The fourth-order valence-corrected chi connectivity index (χ4v) is 4.63. The maximum absolute atomic E-state index is 12.3. The first-order valence-electron chi connectivity index (χ1n) is 8.64. The van der Waals surface area contributed by atoms with Crippen LogP contribution in [-0.2, 0) is 26.0 Å². The number of carbonyl (C=O) groups excluding carboxylic acids is 2. The van der Waals surface area contributed by atoms with Gasteiger partial charge in [-0.1, -0.05) is 24.3 Å². The fourth-order valence-electron chi connectivity index (χ4n) is 2.58. The average Bonchev–Trinajstić information content (AvgIpc) is 3.18. The zero-order valence-electron chi connectivity index (χ0n) is 15.5. The van der Waals surface area contributed by atoms with Crippen LogP contribution in [0.15, 0.2) is 70.3 Å². The van der Waals surface area contributed by atoms with Crippen molar-refractivity contribution in [3.05, 3.63) is 71.6 Å². The number of rotatable bonds is 7. The predicted octanol–water partition coefficient (Wildman–Crippen LogP) is 3.69. The SMILES string of the molecule is CC(=O)Nc1cccc(NC(=O)Cc2ccc(NS(=O)(=O)c3cccs3)cc2)c1. The minimum atomic E-state index is -3.60. The highest BCUT2D eigenvalue weighted by Gasteiger charge is 2.15. The number of amides is 2. The van der Waals surface area contributed by atoms with E-state index in [1.54, 1.807) is 60.0 Å². The molecule has 0 atom stereocenters. The van der Waals surface area contributed by atoms with E-state index >= 15 is 0 Å². The van der Waals surface area contributed by atoms with E-state index in [0.717, 1.165) is 16.9 Å². The van der Waals surface area contributed by atoms with E-state index in [2.05, 4.69) is 15.4 Å². The normalized spacial score (nSPS) is 10.9. The van der Waals surface area contributed by atoms with E-state index in [0.29, 0.717) is 17.1 Å². The Balaban J connectivity index is 1.60. The Bertz CT molecular complexity index is 1110. The lowest BCUT2D eigenvalue weighted by Crippen LogP contribution is -2.15. The Hall–Kier alpha value is -3.17. The summed E-state index contributed by atoms with van der Waals surface area (Å²) < 4.78 is 27.2. The average molecular weight is 430 g/mol. The number of anilines is 3. The maximum atomic E-state index is 12.3. The summed E-state index contributed by atoms with van der Waals surface area (Å²) in [6.45, 7) is 1.41. The second-order valence-corrected chi connectivity index (χ2v) is 9.08. The van der Waals surface area contributed by atoms with Crippen LogP contribution in [0.25, 0.3) is 0 Å². The summed E-state index contributed by atoms with van der Waals surface area (Å²) in [7, 11) is -3.60. The number of hydrogen-bond acceptors (Lipinski definition) is 5. The van der Waals surface area contributed by atoms with Crippen molar-refractivity contribution < 1.29 is 18.0 Å². The Morgan fingerprint density at radius 1 is 0.897 bits per heavy atom. The molecule has 0 aliphatic heterocycles. The van der Waals surface area contributed by atoms with Crippen LogP contribution >= 0.6 is 11.3 Å². The Morgan fingerprint density at radius 2 is 1.59 bits per heavy atom. The summed E-state index contributed by atoms with van der Waals surface area (Å²) in [6, 6.07) is 16.7. The molecule has 0 fully saturated rings. The van der Waals surface area contributed by atoms with Crippen molar-refractivity contribution >= 4 is 50.2 Å². The number of nitrogens with one attached hydrogen (secondary N) is 3. The van der Waals surface area contributed by atoms with Crippen LogP contribution < -0.4 is 15.4 Å². The van der Waals surface area contributed by atoms with Crippen molar-refractivity contribution in [2.75, 3.05) is 15.4 Å². The molecule has 150 valence electrons. The molecule has 0 saturated carbocycles. The molecular weight excluding hydrogens is 410 g/mol. The summed E-state index contributed by atoms with van der Waals surface area (Å²) in [5.74, 6) is -0.417. The van der Waals surface area contributed by atoms with Gasteiger partial charge in [0.25, 0.3) is 10.0 Å². The van der Waals surface area contributed by atoms with Gasteiger partial charge < -0.3 is 10.6 Å². The van der Waals surface area contributed by atoms with Gasteiger partial charge in [-0.3, -0.25) is 14.3 Å². The van der Waals surface area contributed by atoms with Crippen LogP contribution in [-0.4, -0.2) is 20.2 Å². The lowest BCUT2D eigenvalue weighted by Gasteiger charge is -2.09. The van der Waals surface area contributed by atoms with Gasteiger partial charge in [0.1, 0.15) is 4.21 Å². The highest BCUT2D eigenvalue weighted by molar-refractivity contribution is 7.94. The van der Waals surface area contributed by atoms with Gasteiger partial charge in [-0.15, -0.1) is 11.3 Å². The smallest absolute Gasteiger partial charge is 0.271 e. The molecule has 0 unspecified atom stereocenters. The van der Waals surface area contributed by atoms with Gasteiger partial charge in [-0.2, -0.15) is 0 Å². The molecular formula is C20H19N3O4S2. The minimum absolute atomic E-state index is 0.127. The Morgan fingerprint density at radius 3 is 2.21 bits per heavy atom. The van der Waals surface area contributed by atoms with E-state index in [4.69, 9.17) is 0 Å². The summed E-state index contributed by atoms with van der Waals surface area (Å²) in [5.41, 5.74) is 2.32. The third-order valence-electron chi connectivity index (χ3n) is 3.80. The zero-order chi connectivity index (χ0) is 20.9. The van der Waals surface area contributed by atoms with E-state index < -0.39 is 10.0 Å². The number of carbonyl (C=O) groups is 2. The van der Waals surface area contributed by atoms with Crippen LogP contribution in [0.4, 0.5) is 17.1 Å². The van der Waals surface area contributed by atoms with Crippen LogP contribution in [0.2, 0.25) is 0 Å². The van der Waals surface area contributed by atoms with Crippen molar-refractivity contribution in [2.24, 2.45) is 0 Å². The highest BCUT2D eigenvalue weighted by atomic mass is 32.2. The van der Waals surface area contributed by atoms with E-state index in [9.17, 15) is 18.0 Å². The predicted molar refractivity (Wildman–Crippen MR) is 115 cm³/mol. The summed E-state index contributed by atoms with van der Waals surface area (Å²) >= 11 is 1.14. The fraction of sp³-hybridized carbons (Fsp3) is 0.100. The van der Waals surface area contributed by atoms with Gasteiger partial charge in [-0.05, 0) is 47.3 Å². The summed E-state index contributed by atoms with van der Waals surface area (Å²) in [6.07, 6.45) is 0.127. The van der Waals surface area contributed by atoms with E-state index in [1.165, 1.54) is 13.0 Å². The molecule has 3 N–H and O–H groups in total. The third-order valence-corrected chi connectivity index (χ3v) is 6.58. The largest absolute Gasteiger partial charge is 0.326 e. The number of benzene rings is 2. The molecule has 0 saturated heterocycles. The first-order valence-corrected chi connectivity index (χ1v) is 11.0. The molecule has 3 rings (SSSR count). The van der Waals surface area contributed by atoms with Gasteiger partial charge in [0.05, 0.1) is 6.42 Å². The van der Waals surface area contributed by atoms with Crippen molar-refractivity contribution in [2.45, 2.75) is 17.6 Å². The maximum Gasteiger partial charge on any atom is 0.271 e.